The van der Waals surface area contributed by atoms with E-state index in [0.717, 1.165) is 6.42 Å². The van der Waals surface area contributed by atoms with Crippen LogP contribution < -0.4 is 0 Å². The summed E-state index contributed by atoms with van der Waals surface area (Å²) in [7, 11) is 2.05. The van der Waals surface area contributed by atoms with E-state index in [1.54, 1.807) is 0 Å². The molecule has 0 aromatic carbocycles. The van der Waals surface area contributed by atoms with Gasteiger partial charge in [0, 0.05) is 6.04 Å². The summed E-state index contributed by atoms with van der Waals surface area (Å²) in [5, 5.41) is 0. The van der Waals surface area contributed by atoms with Gasteiger partial charge in [-0.2, -0.15) is 0 Å². The van der Waals surface area contributed by atoms with Gasteiger partial charge < -0.3 is 0 Å². The van der Waals surface area contributed by atoms with E-state index in [1.807, 2.05) is 7.05 Å². The number of hydrogen-bond acceptors (Lipinski definition) is 1. The number of rotatable bonds is 0. The Morgan fingerprint density at radius 1 is 1.71 bits per heavy atom. The van der Waals surface area contributed by atoms with Gasteiger partial charge >= 0.3 is 0 Å². The van der Waals surface area contributed by atoms with E-state index in [9.17, 15) is 0 Å². The fraction of sp³-hybridized carbons (Fsp3) is 1.00. The number of halogens is 1. The maximum atomic E-state index is 5.72. The highest BCUT2D eigenvalue weighted by Crippen LogP contribution is 2.24. The van der Waals surface area contributed by atoms with E-state index >= 15 is 0 Å². The third-order valence-electron chi connectivity index (χ3n) is 1.67. The zero-order chi connectivity index (χ0) is 5.44. The third kappa shape index (κ3) is 0.752. The van der Waals surface area contributed by atoms with Crippen molar-refractivity contribution in [3.8, 4) is 0 Å². The van der Waals surface area contributed by atoms with Gasteiger partial charge in [0.25, 0.3) is 0 Å². The predicted molar refractivity (Wildman–Crippen MR) is 31.5 cm³/mol. The van der Waals surface area contributed by atoms with E-state index in [0.29, 0.717) is 11.5 Å². The van der Waals surface area contributed by atoms with Crippen LogP contribution in [0, 0.1) is 0 Å². The molecule has 7 heavy (non-hydrogen) atoms. The van der Waals surface area contributed by atoms with E-state index in [4.69, 9.17) is 11.6 Å². The van der Waals surface area contributed by atoms with Gasteiger partial charge in [-0.05, 0) is 20.4 Å². The maximum Gasteiger partial charge on any atom is 0.0865 e. The zero-order valence-electron chi connectivity index (χ0n) is 4.69. The normalized spacial score (nSPS) is 43.3. The van der Waals surface area contributed by atoms with Gasteiger partial charge in [-0.3, -0.25) is 4.90 Å². The maximum absolute atomic E-state index is 5.72. The Balaban J connectivity index is 2.29. The van der Waals surface area contributed by atoms with E-state index in [-0.39, 0.29) is 0 Å². The summed E-state index contributed by atoms with van der Waals surface area (Å²) in [5.41, 5.74) is 0.315. The molecule has 2 atom stereocenters. The lowest BCUT2D eigenvalue weighted by atomic mass is 10.1. The Hall–Kier alpha value is 0.250. The zero-order valence-corrected chi connectivity index (χ0v) is 5.44. The molecule has 2 unspecified atom stereocenters. The topological polar surface area (TPSA) is 3.24 Å². The quantitative estimate of drug-likeness (QED) is 0.343. The van der Waals surface area contributed by atoms with Crippen molar-refractivity contribution in [1.82, 2.24) is 4.90 Å². The first-order valence-corrected chi connectivity index (χ1v) is 3.01. The van der Waals surface area contributed by atoms with Gasteiger partial charge in [0.1, 0.15) is 0 Å². The first-order chi connectivity index (χ1) is 3.22. The van der Waals surface area contributed by atoms with Gasteiger partial charge in [0.2, 0.25) is 0 Å². The molecule has 0 amide bonds. The van der Waals surface area contributed by atoms with Crippen molar-refractivity contribution in [3.63, 3.8) is 0 Å². The highest BCUT2D eigenvalue weighted by Gasteiger charge is 2.29. The van der Waals surface area contributed by atoms with Gasteiger partial charge in [-0.1, -0.05) is 0 Å². The Morgan fingerprint density at radius 3 is 2.29 bits per heavy atom. The first kappa shape index (κ1) is 5.39. The largest absolute Gasteiger partial charge is 0.288 e. The average molecular weight is 120 g/mol. The SMILES string of the molecule is CC1CC(Cl)N1C. The van der Waals surface area contributed by atoms with Crippen molar-refractivity contribution in [2.45, 2.75) is 24.9 Å². The van der Waals surface area contributed by atoms with E-state index in [2.05, 4.69) is 11.8 Å². The molecular formula is C5H10ClN. The van der Waals surface area contributed by atoms with Crippen molar-refractivity contribution >= 4 is 11.6 Å². The Bertz CT molecular complexity index is 66.5. The van der Waals surface area contributed by atoms with Gasteiger partial charge in [-0.25, -0.2) is 0 Å². The fourth-order valence-corrected chi connectivity index (χ4v) is 1.20. The summed E-state index contributed by atoms with van der Waals surface area (Å²) < 4.78 is 0. The molecule has 1 fully saturated rings. The second-order valence-electron chi connectivity index (χ2n) is 2.18. The second-order valence-corrected chi connectivity index (χ2v) is 2.69. The molecule has 1 aliphatic heterocycles. The van der Waals surface area contributed by atoms with Crippen molar-refractivity contribution in [3.05, 3.63) is 0 Å². The van der Waals surface area contributed by atoms with Crippen molar-refractivity contribution in [2.75, 3.05) is 7.05 Å². The molecule has 0 aliphatic carbocycles. The molecule has 1 heterocycles. The number of nitrogens with zero attached hydrogens (tertiary/aromatic N) is 1. The molecule has 1 aliphatic rings. The van der Waals surface area contributed by atoms with Crippen LogP contribution in [0.2, 0.25) is 0 Å². The second kappa shape index (κ2) is 1.64. The van der Waals surface area contributed by atoms with Crippen molar-refractivity contribution in [1.29, 1.82) is 0 Å². The smallest absolute Gasteiger partial charge is 0.0865 e. The lowest BCUT2D eigenvalue weighted by molar-refractivity contribution is 0.112. The minimum absolute atomic E-state index is 0.315. The average Bonchev–Trinajstić information content (AvgIpc) is 1.68. The minimum Gasteiger partial charge on any atom is -0.288 e. The molecular weight excluding hydrogens is 110 g/mol. The van der Waals surface area contributed by atoms with Crippen LogP contribution in [0.1, 0.15) is 13.3 Å². The number of likely N-dealkylation sites (tertiary alicyclic amines) is 1. The van der Waals surface area contributed by atoms with Crippen LogP contribution in [-0.2, 0) is 0 Å². The molecule has 0 bridgehead atoms. The molecule has 0 aromatic heterocycles. The molecule has 0 spiro atoms. The van der Waals surface area contributed by atoms with Crippen LogP contribution >= 0.6 is 11.6 Å². The van der Waals surface area contributed by atoms with Crippen LogP contribution in [0.25, 0.3) is 0 Å². The van der Waals surface area contributed by atoms with E-state index < -0.39 is 0 Å². The summed E-state index contributed by atoms with van der Waals surface area (Å²) in [6.45, 7) is 2.18. The lowest BCUT2D eigenvalue weighted by Crippen LogP contribution is -2.48. The van der Waals surface area contributed by atoms with Crippen LogP contribution in [0.5, 0.6) is 0 Å². The van der Waals surface area contributed by atoms with Gasteiger partial charge in [0.15, 0.2) is 0 Å². The molecule has 1 rings (SSSR count). The molecule has 0 saturated carbocycles. The molecule has 2 heteroatoms. The molecule has 1 nitrogen and oxygen atoms in total. The molecule has 1 saturated heterocycles. The van der Waals surface area contributed by atoms with Crippen LogP contribution in [0.3, 0.4) is 0 Å². The van der Waals surface area contributed by atoms with E-state index in [1.165, 1.54) is 0 Å². The Kier molecular flexibility index (Phi) is 1.26. The van der Waals surface area contributed by atoms with Crippen LogP contribution in [-0.4, -0.2) is 23.5 Å². The summed E-state index contributed by atoms with van der Waals surface area (Å²) in [5.74, 6) is 0. The minimum atomic E-state index is 0.315. The Morgan fingerprint density at radius 2 is 2.29 bits per heavy atom. The summed E-state index contributed by atoms with van der Waals surface area (Å²) in [4.78, 5) is 2.15. The fourth-order valence-electron chi connectivity index (χ4n) is 0.752. The first-order valence-electron chi connectivity index (χ1n) is 2.58. The summed E-state index contributed by atoms with van der Waals surface area (Å²) in [6, 6.07) is 0.711. The molecule has 42 valence electrons. The highest BCUT2D eigenvalue weighted by molar-refractivity contribution is 6.20. The van der Waals surface area contributed by atoms with Gasteiger partial charge in [-0.15, -0.1) is 11.6 Å². The van der Waals surface area contributed by atoms with Gasteiger partial charge in [0.05, 0.1) is 5.50 Å². The van der Waals surface area contributed by atoms with Crippen LogP contribution in [0.15, 0.2) is 0 Å². The number of alkyl halides is 1. The predicted octanol–water partition coefficient (Wildman–Crippen LogP) is 1.28. The highest BCUT2D eigenvalue weighted by atomic mass is 35.5. The molecule has 0 N–H and O–H groups in total. The number of hydrogen-bond donors (Lipinski definition) is 0. The molecule has 0 aromatic rings. The van der Waals surface area contributed by atoms with Crippen molar-refractivity contribution < 1.29 is 0 Å². The Labute approximate surface area is 49.3 Å². The summed E-state index contributed by atoms with van der Waals surface area (Å²) in [6.07, 6.45) is 1.15. The third-order valence-corrected chi connectivity index (χ3v) is 2.16. The monoisotopic (exact) mass is 119 g/mol. The standard InChI is InChI=1S/C5H10ClN/c1-4-3-5(6)7(4)2/h4-5H,3H2,1-2H3. The van der Waals surface area contributed by atoms with Crippen molar-refractivity contribution in [2.24, 2.45) is 0 Å². The lowest BCUT2D eigenvalue weighted by Gasteiger charge is -2.40. The summed E-state index contributed by atoms with van der Waals surface area (Å²) >= 11 is 5.72. The molecule has 0 radical (unpaired) electrons. The van der Waals surface area contributed by atoms with Crippen LogP contribution in [0.4, 0.5) is 0 Å².